The molecule has 0 amide bonds. The first kappa shape index (κ1) is 29.9. The molecule has 0 bridgehead atoms. The van der Waals surface area contributed by atoms with E-state index >= 15 is 0 Å². The number of nitrogens with zero attached hydrogens (tertiary/aromatic N) is 3. The number of halogens is 3. The summed E-state index contributed by atoms with van der Waals surface area (Å²) in [5, 5.41) is 9.87. The van der Waals surface area contributed by atoms with E-state index in [2.05, 4.69) is 58.0 Å². The average Bonchev–Trinajstić information content (AvgIpc) is 2.79. The Hall–Kier alpha value is -1.17. The predicted octanol–water partition coefficient (Wildman–Crippen LogP) is 5.44. The van der Waals surface area contributed by atoms with Crippen molar-refractivity contribution in [1.29, 1.82) is 0 Å². The lowest BCUT2D eigenvalue weighted by Gasteiger charge is -2.38. The van der Waals surface area contributed by atoms with Crippen molar-refractivity contribution in [1.82, 2.24) is 9.80 Å². The molecule has 2 aromatic rings. The van der Waals surface area contributed by atoms with E-state index in [1.807, 2.05) is 12.1 Å². The van der Waals surface area contributed by atoms with Crippen molar-refractivity contribution in [3.63, 3.8) is 0 Å². The minimum Gasteiger partial charge on any atom is -0.508 e. The number of phenolic OH excluding ortho intramolecular Hbond substituents is 1. The van der Waals surface area contributed by atoms with Gasteiger partial charge in [-0.15, -0.1) is 37.2 Å². The Morgan fingerprint density at radius 1 is 0.909 bits per heavy atom. The van der Waals surface area contributed by atoms with Gasteiger partial charge in [0.2, 0.25) is 0 Å². The number of hydrogen-bond donors (Lipinski definition) is 1. The second-order valence-electron chi connectivity index (χ2n) is 8.90. The van der Waals surface area contributed by atoms with E-state index in [0.717, 1.165) is 25.9 Å². The molecule has 7 heteroatoms. The van der Waals surface area contributed by atoms with Crippen LogP contribution in [-0.2, 0) is 12.8 Å². The topological polar surface area (TPSA) is 30.0 Å². The van der Waals surface area contributed by atoms with E-state index in [1.165, 1.54) is 68.8 Å². The molecule has 0 spiro atoms. The van der Waals surface area contributed by atoms with Crippen LogP contribution in [0.3, 0.4) is 0 Å². The van der Waals surface area contributed by atoms with Gasteiger partial charge < -0.3 is 14.9 Å². The highest BCUT2D eigenvalue weighted by molar-refractivity contribution is 5.86. The van der Waals surface area contributed by atoms with Gasteiger partial charge in [0.05, 0.1) is 0 Å². The van der Waals surface area contributed by atoms with E-state index in [9.17, 15) is 5.11 Å². The molecule has 33 heavy (non-hydrogen) atoms. The molecule has 4 nitrogen and oxygen atoms in total. The van der Waals surface area contributed by atoms with Gasteiger partial charge in [0, 0.05) is 37.9 Å². The highest BCUT2D eigenvalue weighted by Gasteiger charge is 2.24. The summed E-state index contributed by atoms with van der Waals surface area (Å²) < 4.78 is 0. The summed E-state index contributed by atoms with van der Waals surface area (Å²) in [7, 11) is 0. The minimum atomic E-state index is 0. The smallest absolute Gasteiger partial charge is 0.115 e. The van der Waals surface area contributed by atoms with Crippen molar-refractivity contribution in [2.45, 2.75) is 45.1 Å². The Morgan fingerprint density at radius 3 is 2.33 bits per heavy atom. The lowest BCUT2D eigenvalue weighted by Crippen LogP contribution is -2.47. The normalized spacial score (nSPS) is 18.0. The average molecular weight is 517 g/mol. The van der Waals surface area contributed by atoms with Crippen LogP contribution in [0, 0.1) is 0 Å². The van der Waals surface area contributed by atoms with Gasteiger partial charge in [-0.1, -0.05) is 31.2 Å². The summed E-state index contributed by atoms with van der Waals surface area (Å²) in [6.07, 6.45) is 5.92. The first-order valence-electron chi connectivity index (χ1n) is 11.8. The van der Waals surface area contributed by atoms with Gasteiger partial charge in [-0.05, 0) is 87.1 Å². The number of para-hydroxylation sites is 1. The quantitative estimate of drug-likeness (QED) is 0.506. The van der Waals surface area contributed by atoms with Crippen LogP contribution in [0.1, 0.15) is 37.3 Å². The van der Waals surface area contributed by atoms with Gasteiger partial charge >= 0.3 is 0 Å². The van der Waals surface area contributed by atoms with E-state index in [-0.39, 0.29) is 37.2 Å². The summed E-state index contributed by atoms with van der Waals surface area (Å²) >= 11 is 0. The molecule has 0 saturated carbocycles. The van der Waals surface area contributed by atoms with Gasteiger partial charge in [-0.25, -0.2) is 0 Å². The Kier molecular flexibility index (Phi) is 13.5. The predicted molar refractivity (Wildman–Crippen MR) is 147 cm³/mol. The number of hydrogen-bond acceptors (Lipinski definition) is 4. The fourth-order valence-corrected chi connectivity index (χ4v) is 5.17. The third-order valence-corrected chi connectivity index (χ3v) is 6.83. The summed E-state index contributed by atoms with van der Waals surface area (Å²) in [6, 6.07) is 17.4. The van der Waals surface area contributed by atoms with E-state index in [1.54, 1.807) is 0 Å². The van der Waals surface area contributed by atoms with Crippen LogP contribution in [0.2, 0.25) is 0 Å². The lowest BCUT2D eigenvalue weighted by atomic mass is 9.87. The van der Waals surface area contributed by atoms with E-state index in [4.69, 9.17) is 0 Å². The number of aromatic hydroxyl groups is 1. The fourth-order valence-electron chi connectivity index (χ4n) is 5.17. The number of aryl methyl sites for hydroxylation is 1. The van der Waals surface area contributed by atoms with E-state index in [0.29, 0.717) is 11.8 Å². The maximum Gasteiger partial charge on any atom is 0.115 e. The molecule has 0 radical (unpaired) electrons. The molecule has 2 aromatic carbocycles. The third-order valence-electron chi connectivity index (χ3n) is 6.83. The van der Waals surface area contributed by atoms with Crippen LogP contribution in [0.4, 0.5) is 5.69 Å². The van der Waals surface area contributed by atoms with Crippen LogP contribution in [0.15, 0.2) is 48.5 Å². The largest absolute Gasteiger partial charge is 0.508 e. The standard InChI is InChI=1S/C26H37N3O.3ClH/c1-2-13-28(25-11-9-22-10-12-26(30)21-23(22)20-25)15-6-14-27-16-18-29(19-17-27)24-7-4-3-5-8-24;;;/h3-5,7-8,10,12,21,25,30H,2,6,9,11,13-20H2,1H3;3*1H. The van der Waals surface area contributed by atoms with Gasteiger partial charge in [0.15, 0.2) is 0 Å². The Morgan fingerprint density at radius 2 is 1.64 bits per heavy atom. The zero-order valence-electron chi connectivity index (χ0n) is 19.7. The number of phenols is 1. The van der Waals surface area contributed by atoms with E-state index < -0.39 is 0 Å². The maximum atomic E-state index is 9.87. The number of rotatable bonds is 8. The first-order chi connectivity index (χ1) is 14.7. The van der Waals surface area contributed by atoms with Crippen LogP contribution in [0.25, 0.3) is 0 Å². The zero-order valence-corrected chi connectivity index (χ0v) is 22.1. The fraction of sp³-hybridized carbons (Fsp3) is 0.538. The zero-order chi connectivity index (χ0) is 20.8. The van der Waals surface area contributed by atoms with Gasteiger partial charge in [0.1, 0.15) is 5.75 Å². The molecule has 0 aromatic heterocycles. The molecule has 186 valence electrons. The van der Waals surface area contributed by atoms with Crippen molar-refractivity contribution in [3.05, 3.63) is 59.7 Å². The molecule has 1 aliphatic carbocycles. The van der Waals surface area contributed by atoms with Crippen molar-refractivity contribution < 1.29 is 5.11 Å². The molecular weight excluding hydrogens is 477 g/mol. The minimum absolute atomic E-state index is 0. The highest BCUT2D eigenvalue weighted by atomic mass is 35.5. The molecule has 2 aliphatic rings. The molecule has 4 rings (SSSR count). The molecule has 1 heterocycles. The number of benzene rings is 2. The number of anilines is 1. The van der Waals surface area contributed by atoms with Crippen molar-refractivity contribution in [2.24, 2.45) is 0 Å². The molecule has 1 unspecified atom stereocenters. The molecule has 1 atom stereocenters. The second kappa shape index (κ2) is 15.0. The van der Waals surface area contributed by atoms with Gasteiger partial charge in [0.25, 0.3) is 0 Å². The van der Waals surface area contributed by atoms with Gasteiger partial charge in [-0.2, -0.15) is 0 Å². The Bertz CT molecular complexity index is 801. The summed E-state index contributed by atoms with van der Waals surface area (Å²) in [5.74, 6) is 0.408. The number of piperazine rings is 1. The number of fused-ring (bicyclic) bond motifs is 1. The van der Waals surface area contributed by atoms with Gasteiger partial charge in [-0.3, -0.25) is 4.90 Å². The van der Waals surface area contributed by atoms with Crippen LogP contribution < -0.4 is 4.90 Å². The summed E-state index contributed by atoms with van der Waals surface area (Å²) in [4.78, 5) is 7.86. The van der Waals surface area contributed by atoms with Crippen LogP contribution in [0.5, 0.6) is 5.75 Å². The van der Waals surface area contributed by atoms with Crippen LogP contribution >= 0.6 is 37.2 Å². The second-order valence-corrected chi connectivity index (χ2v) is 8.90. The Balaban J connectivity index is 0.00000181. The summed E-state index contributed by atoms with van der Waals surface area (Å²) in [6.45, 7) is 10.5. The molecule has 1 fully saturated rings. The molecule has 1 aliphatic heterocycles. The lowest BCUT2D eigenvalue weighted by molar-refractivity contribution is 0.163. The molecule has 1 saturated heterocycles. The first-order valence-corrected chi connectivity index (χ1v) is 11.8. The van der Waals surface area contributed by atoms with Crippen molar-refractivity contribution >= 4 is 42.9 Å². The summed E-state index contributed by atoms with van der Waals surface area (Å²) in [5.41, 5.74) is 4.14. The van der Waals surface area contributed by atoms with Crippen molar-refractivity contribution in [2.75, 3.05) is 50.7 Å². The Labute approximate surface area is 218 Å². The molecular formula is C26H40Cl3N3O. The monoisotopic (exact) mass is 515 g/mol. The highest BCUT2D eigenvalue weighted by Crippen LogP contribution is 2.28. The van der Waals surface area contributed by atoms with Crippen molar-refractivity contribution in [3.8, 4) is 5.75 Å². The third kappa shape index (κ3) is 8.22. The molecule has 1 N–H and O–H groups in total. The SMILES string of the molecule is CCCN(CCCN1CCN(c2ccccc2)CC1)C1CCc2ccc(O)cc2C1.Cl.Cl.Cl. The maximum absolute atomic E-state index is 9.87. The van der Waals surface area contributed by atoms with Crippen LogP contribution in [-0.4, -0.2) is 66.8 Å².